The summed E-state index contributed by atoms with van der Waals surface area (Å²) in [5.74, 6) is 1.20. The van der Waals surface area contributed by atoms with Gasteiger partial charge in [0.05, 0.1) is 19.2 Å². The Kier molecular flexibility index (Phi) is 5.65. The Bertz CT molecular complexity index is 602. The van der Waals surface area contributed by atoms with Crippen molar-refractivity contribution in [3.05, 3.63) is 47.0 Å². The highest BCUT2D eigenvalue weighted by atomic mass is 35.5. The average molecular weight is 324 g/mol. The molecule has 2 aromatic carbocycles. The van der Waals surface area contributed by atoms with E-state index in [-0.39, 0.29) is 0 Å². The van der Waals surface area contributed by atoms with Crippen molar-refractivity contribution >= 4 is 29.1 Å². The molecule has 0 saturated carbocycles. The predicted molar refractivity (Wildman–Crippen MR) is 90.1 cm³/mol. The fraction of sp³-hybridized carbons (Fsp3) is 0.250. The smallest absolute Gasteiger partial charge is 0.179 e. The summed E-state index contributed by atoms with van der Waals surface area (Å²) < 4.78 is 10.5. The van der Waals surface area contributed by atoms with E-state index in [1.165, 1.54) is 4.90 Å². The molecule has 0 fully saturated rings. The van der Waals surface area contributed by atoms with Crippen molar-refractivity contribution in [2.45, 2.75) is 11.4 Å². The fourth-order valence-corrected chi connectivity index (χ4v) is 2.71. The van der Waals surface area contributed by atoms with Crippen molar-refractivity contribution in [3.8, 4) is 11.5 Å². The van der Waals surface area contributed by atoms with E-state index < -0.39 is 0 Å². The number of methoxy groups -OCH3 is 2. The van der Waals surface area contributed by atoms with Gasteiger partial charge in [-0.1, -0.05) is 11.6 Å². The summed E-state index contributed by atoms with van der Waals surface area (Å²) in [6.45, 7) is 0.665. The summed E-state index contributed by atoms with van der Waals surface area (Å²) >= 11 is 7.93. The van der Waals surface area contributed by atoms with Gasteiger partial charge in [-0.3, -0.25) is 0 Å². The molecule has 0 aromatic heterocycles. The number of rotatable bonds is 6. The molecule has 3 nitrogen and oxygen atoms in total. The molecule has 0 bridgehead atoms. The van der Waals surface area contributed by atoms with Crippen LogP contribution in [0, 0.1) is 0 Å². The summed E-state index contributed by atoms with van der Waals surface area (Å²) in [4.78, 5) is 1.25. The summed E-state index contributed by atoms with van der Waals surface area (Å²) in [6.07, 6.45) is 2.06. The van der Waals surface area contributed by atoms with Gasteiger partial charge >= 0.3 is 0 Å². The molecule has 5 heteroatoms. The van der Waals surface area contributed by atoms with Crippen molar-refractivity contribution in [3.63, 3.8) is 0 Å². The molecule has 0 aliphatic carbocycles. The van der Waals surface area contributed by atoms with Gasteiger partial charge in [0, 0.05) is 17.1 Å². The first-order chi connectivity index (χ1) is 10.2. The van der Waals surface area contributed by atoms with E-state index in [2.05, 4.69) is 35.8 Å². The third kappa shape index (κ3) is 3.99. The van der Waals surface area contributed by atoms with Gasteiger partial charge in [0.2, 0.25) is 0 Å². The van der Waals surface area contributed by atoms with Crippen LogP contribution in [0.4, 0.5) is 5.69 Å². The van der Waals surface area contributed by atoms with Crippen LogP contribution in [0.15, 0.2) is 41.3 Å². The second kappa shape index (κ2) is 7.48. The Morgan fingerprint density at radius 1 is 1.10 bits per heavy atom. The van der Waals surface area contributed by atoms with Gasteiger partial charge in [-0.25, -0.2) is 0 Å². The molecule has 21 heavy (non-hydrogen) atoms. The van der Waals surface area contributed by atoms with Gasteiger partial charge in [-0.2, -0.15) is 0 Å². The highest BCUT2D eigenvalue weighted by Crippen LogP contribution is 2.36. The first-order valence-electron chi connectivity index (χ1n) is 6.46. The number of benzene rings is 2. The molecule has 0 unspecified atom stereocenters. The average Bonchev–Trinajstić information content (AvgIpc) is 2.52. The third-order valence-corrected chi connectivity index (χ3v) is 4.10. The molecule has 0 saturated heterocycles. The molecule has 0 aliphatic heterocycles. The minimum absolute atomic E-state index is 0.548. The number of nitrogens with one attached hydrogen (secondary N) is 1. The number of hydrogen-bond donors (Lipinski definition) is 1. The molecule has 2 rings (SSSR count). The van der Waals surface area contributed by atoms with Crippen molar-refractivity contribution in [1.82, 2.24) is 0 Å². The van der Waals surface area contributed by atoms with Gasteiger partial charge in [0.15, 0.2) is 11.5 Å². The Morgan fingerprint density at radius 2 is 1.81 bits per heavy atom. The molecule has 2 aromatic rings. The number of halogens is 1. The topological polar surface area (TPSA) is 30.5 Å². The molecule has 0 amide bonds. The first kappa shape index (κ1) is 15.9. The standard InChI is InChI=1S/C16H18ClNO2S/c1-19-15-9-11(8-14(17)16(15)20-2)10-18-12-4-6-13(21-3)7-5-12/h4-9,18H,10H2,1-3H3. The molecule has 0 spiro atoms. The zero-order valence-corrected chi connectivity index (χ0v) is 13.8. The van der Waals surface area contributed by atoms with Gasteiger partial charge in [0.1, 0.15) is 0 Å². The van der Waals surface area contributed by atoms with Crippen LogP contribution in [-0.4, -0.2) is 20.5 Å². The van der Waals surface area contributed by atoms with Crippen LogP contribution in [0.1, 0.15) is 5.56 Å². The monoisotopic (exact) mass is 323 g/mol. The van der Waals surface area contributed by atoms with Gasteiger partial charge in [-0.05, 0) is 48.2 Å². The third-order valence-electron chi connectivity index (χ3n) is 3.08. The Morgan fingerprint density at radius 3 is 2.38 bits per heavy atom. The van der Waals surface area contributed by atoms with Gasteiger partial charge < -0.3 is 14.8 Å². The van der Waals surface area contributed by atoms with Gasteiger partial charge in [-0.15, -0.1) is 11.8 Å². The molecule has 0 radical (unpaired) electrons. The molecule has 1 N–H and O–H groups in total. The van der Waals surface area contributed by atoms with Crippen LogP contribution < -0.4 is 14.8 Å². The molecular formula is C16H18ClNO2S. The molecule has 112 valence electrons. The minimum Gasteiger partial charge on any atom is -0.493 e. The Hall–Kier alpha value is -1.52. The lowest BCUT2D eigenvalue weighted by atomic mass is 10.2. The maximum Gasteiger partial charge on any atom is 0.179 e. The van der Waals surface area contributed by atoms with E-state index >= 15 is 0 Å². The number of hydrogen-bond acceptors (Lipinski definition) is 4. The fourth-order valence-electron chi connectivity index (χ4n) is 1.99. The van der Waals surface area contributed by atoms with Crippen LogP contribution in [0.2, 0.25) is 5.02 Å². The maximum atomic E-state index is 6.20. The SMILES string of the molecule is COc1cc(CNc2ccc(SC)cc2)cc(Cl)c1OC. The van der Waals surface area contributed by atoms with Gasteiger partial charge in [0.25, 0.3) is 0 Å². The van der Waals surface area contributed by atoms with Crippen LogP contribution in [0.25, 0.3) is 0 Å². The molecular weight excluding hydrogens is 306 g/mol. The van der Waals surface area contributed by atoms with Crippen molar-refractivity contribution in [1.29, 1.82) is 0 Å². The first-order valence-corrected chi connectivity index (χ1v) is 8.06. The van der Waals surface area contributed by atoms with Crippen LogP contribution in [0.5, 0.6) is 11.5 Å². The molecule has 0 heterocycles. The second-order valence-corrected chi connectivity index (χ2v) is 5.68. The lowest BCUT2D eigenvalue weighted by molar-refractivity contribution is 0.355. The van der Waals surface area contributed by atoms with Crippen molar-refractivity contribution in [2.24, 2.45) is 0 Å². The molecule has 0 atom stereocenters. The zero-order chi connectivity index (χ0) is 15.2. The highest BCUT2D eigenvalue weighted by Gasteiger charge is 2.10. The van der Waals surface area contributed by atoms with E-state index in [9.17, 15) is 0 Å². The zero-order valence-electron chi connectivity index (χ0n) is 12.3. The summed E-state index contributed by atoms with van der Waals surface area (Å²) in [6, 6.07) is 12.1. The maximum absolute atomic E-state index is 6.20. The molecule has 0 aliphatic rings. The summed E-state index contributed by atoms with van der Waals surface area (Å²) in [5, 5.41) is 3.91. The van der Waals surface area contributed by atoms with Crippen molar-refractivity contribution < 1.29 is 9.47 Å². The summed E-state index contributed by atoms with van der Waals surface area (Å²) in [5.41, 5.74) is 2.10. The lowest BCUT2D eigenvalue weighted by Gasteiger charge is -2.13. The summed E-state index contributed by atoms with van der Waals surface area (Å²) in [7, 11) is 3.18. The van der Waals surface area contributed by atoms with E-state index in [0.717, 1.165) is 11.3 Å². The van der Waals surface area contributed by atoms with Crippen LogP contribution in [-0.2, 0) is 6.54 Å². The van der Waals surface area contributed by atoms with E-state index in [1.54, 1.807) is 26.0 Å². The predicted octanol–water partition coefficient (Wildman–Crippen LogP) is 4.69. The highest BCUT2D eigenvalue weighted by molar-refractivity contribution is 7.98. The van der Waals surface area contributed by atoms with E-state index in [0.29, 0.717) is 23.1 Å². The Labute approximate surface area is 134 Å². The minimum atomic E-state index is 0.548. The quantitative estimate of drug-likeness (QED) is 0.781. The van der Waals surface area contributed by atoms with Crippen LogP contribution >= 0.6 is 23.4 Å². The normalized spacial score (nSPS) is 10.3. The van der Waals surface area contributed by atoms with E-state index in [1.807, 2.05) is 12.1 Å². The van der Waals surface area contributed by atoms with Crippen LogP contribution in [0.3, 0.4) is 0 Å². The van der Waals surface area contributed by atoms with E-state index in [4.69, 9.17) is 21.1 Å². The number of ether oxygens (including phenoxy) is 2. The largest absolute Gasteiger partial charge is 0.493 e. The lowest BCUT2D eigenvalue weighted by Crippen LogP contribution is -2.01. The second-order valence-electron chi connectivity index (χ2n) is 4.40. The number of thioether (sulfide) groups is 1. The Balaban J connectivity index is 2.10. The number of anilines is 1. The van der Waals surface area contributed by atoms with Crippen molar-refractivity contribution in [2.75, 3.05) is 25.8 Å².